The molecule has 5 heteroatoms. The molecule has 0 aliphatic rings. The summed E-state index contributed by atoms with van der Waals surface area (Å²) in [6.07, 6.45) is 23.1. The first-order valence-electron chi connectivity index (χ1n) is 15.7. The highest BCUT2D eigenvalue weighted by Crippen LogP contribution is 2.27. The topological polar surface area (TPSA) is 52.3 Å². The average molecular weight is 518 g/mol. The molecule has 0 aromatic heterocycles. The first-order chi connectivity index (χ1) is 17.4. The number of nitrogens with two attached hydrogens (primary N) is 1. The fourth-order valence-corrected chi connectivity index (χ4v) is 4.81. The summed E-state index contributed by atoms with van der Waals surface area (Å²) in [4.78, 5) is 12.3. The monoisotopic (exact) mass is 517 g/mol. The lowest BCUT2D eigenvalue weighted by Gasteiger charge is -2.22. The van der Waals surface area contributed by atoms with Crippen LogP contribution in [0, 0.1) is 0 Å². The third-order valence-corrected chi connectivity index (χ3v) is 7.33. The predicted octanol–water partition coefficient (Wildman–Crippen LogP) is 10.3. The molecule has 0 rings (SSSR count). The van der Waals surface area contributed by atoms with Crippen molar-refractivity contribution in [2.75, 3.05) is 0 Å². The van der Waals surface area contributed by atoms with Crippen LogP contribution in [-0.4, -0.2) is 24.0 Å². The van der Waals surface area contributed by atoms with Gasteiger partial charge >= 0.3 is 11.9 Å². The number of ether oxygens (including phenoxy) is 1. The lowest BCUT2D eigenvalue weighted by Crippen LogP contribution is -2.34. The number of carbonyl (C=O) groups is 1. The van der Waals surface area contributed by atoms with E-state index in [0.717, 1.165) is 57.8 Å². The molecule has 2 N–H and O–H groups in total. The highest BCUT2D eigenvalue weighted by Gasteiger charge is 2.41. The van der Waals surface area contributed by atoms with Crippen LogP contribution in [0.5, 0.6) is 0 Å². The van der Waals surface area contributed by atoms with E-state index < -0.39 is 18.3 Å². The molecule has 0 aliphatic heterocycles. The van der Waals surface area contributed by atoms with Crippen LogP contribution in [-0.2, 0) is 9.53 Å². The number of hydrogen-bond donors (Lipinski definition) is 1. The Morgan fingerprint density at radius 3 is 1.42 bits per heavy atom. The predicted molar refractivity (Wildman–Crippen MR) is 151 cm³/mol. The summed E-state index contributed by atoms with van der Waals surface area (Å²) in [6.45, 7) is 6.57. The standard InChI is InChI=1S/C31H61F2NO2/c1-4-7-10-13-14-17-18-23-28(34)24-21-22-27-31(32,33)30(35)36-29(25-19-15-11-8-5-2)26-20-16-12-9-6-3/h28-29H,4-27,34H2,1-3H3. The fraction of sp³-hybridized carbons (Fsp3) is 0.968. The van der Waals surface area contributed by atoms with Crippen LogP contribution in [0.25, 0.3) is 0 Å². The Balaban J connectivity index is 4.25. The van der Waals surface area contributed by atoms with E-state index in [-0.39, 0.29) is 12.1 Å². The van der Waals surface area contributed by atoms with Crippen LogP contribution < -0.4 is 5.73 Å². The minimum Gasteiger partial charge on any atom is -0.458 e. The van der Waals surface area contributed by atoms with Gasteiger partial charge in [0, 0.05) is 12.5 Å². The molecule has 0 saturated carbocycles. The molecule has 216 valence electrons. The summed E-state index contributed by atoms with van der Waals surface area (Å²) in [5.41, 5.74) is 6.19. The van der Waals surface area contributed by atoms with E-state index in [0.29, 0.717) is 25.7 Å². The van der Waals surface area contributed by atoms with Gasteiger partial charge in [0.2, 0.25) is 0 Å². The summed E-state index contributed by atoms with van der Waals surface area (Å²) in [5, 5.41) is 0. The zero-order valence-electron chi connectivity index (χ0n) is 24.3. The van der Waals surface area contributed by atoms with Gasteiger partial charge in [0.1, 0.15) is 6.10 Å². The van der Waals surface area contributed by atoms with Gasteiger partial charge in [-0.25, -0.2) is 4.79 Å². The van der Waals surface area contributed by atoms with Crippen molar-refractivity contribution in [1.82, 2.24) is 0 Å². The maximum absolute atomic E-state index is 14.5. The Bertz CT molecular complexity index is 473. The lowest BCUT2D eigenvalue weighted by molar-refractivity contribution is -0.179. The third-order valence-electron chi connectivity index (χ3n) is 7.33. The van der Waals surface area contributed by atoms with Gasteiger partial charge in [0.15, 0.2) is 0 Å². The minimum absolute atomic E-state index is 0.0750. The number of unbranched alkanes of at least 4 members (excludes halogenated alkanes) is 15. The second-order valence-electron chi connectivity index (χ2n) is 11.1. The molecule has 1 atom stereocenters. The van der Waals surface area contributed by atoms with Crippen LogP contribution in [0.15, 0.2) is 0 Å². The Morgan fingerprint density at radius 1 is 0.611 bits per heavy atom. The van der Waals surface area contributed by atoms with Crippen molar-refractivity contribution in [3.8, 4) is 0 Å². The highest BCUT2D eigenvalue weighted by molar-refractivity contribution is 5.77. The van der Waals surface area contributed by atoms with Crippen LogP contribution in [0.1, 0.15) is 175 Å². The van der Waals surface area contributed by atoms with E-state index in [2.05, 4.69) is 20.8 Å². The number of rotatable bonds is 27. The highest BCUT2D eigenvalue weighted by atomic mass is 19.3. The van der Waals surface area contributed by atoms with Crippen molar-refractivity contribution < 1.29 is 18.3 Å². The first kappa shape index (κ1) is 35.3. The SMILES string of the molecule is CCCCCCCCCC(N)CCCCC(F)(F)C(=O)OC(CCCCCCC)CCCCCCC. The van der Waals surface area contributed by atoms with Crippen molar-refractivity contribution in [3.63, 3.8) is 0 Å². The van der Waals surface area contributed by atoms with Crippen molar-refractivity contribution in [1.29, 1.82) is 0 Å². The number of hydrogen-bond acceptors (Lipinski definition) is 3. The van der Waals surface area contributed by atoms with Crippen molar-refractivity contribution >= 4 is 5.97 Å². The van der Waals surface area contributed by atoms with E-state index >= 15 is 0 Å². The molecule has 0 radical (unpaired) electrons. The quantitative estimate of drug-likeness (QED) is 0.0870. The molecule has 0 saturated heterocycles. The minimum atomic E-state index is -3.40. The van der Waals surface area contributed by atoms with E-state index in [1.165, 1.54) is 64.2 Å². The fourth-order valence-electron chi connectivity index (χ4n) is 4.81. The average Bonchev–Trinajstić information content (AvgIpc) is 2.85. The third kappa shape index (κ3) is 21.4. The molecule has 1 unspecified atom stereocenters. The molecule has 3 nitrogen and oxygen atoms in total. The van der Waals surface area contributed by atoms with Gasteiger partial charge in [-0.1, -0.05) is 124 Å². The van der Waals surface area contributed by atoms with Crippen molar-refractivity contribution in [2.24, 2.45) is 5.73 Å². The Labute approximate surface area is 223 Å². The molecule has 0 bridgehead atoms. The molecule has 0 heterocycles. The number of carbonyl (C=O) groups excluding carboxylic acids is 1. The van der Waals surface area contributed by atoms with Gasteiger partial charge in [-0.3, -0.25) is 0 Å². The summed E-state index contributed by atoms with van der Waals surface area (Å²) in [6, 6.07) is 0.0750. The molecular formula is C31H61F2NO2. The Hall–Kier alpha value is -0.710. The van der Waals surface area contributed by atoms with Gasteiger partial charge in [0.05, 0.1) is 0 Å². The van der Waals surface area contributed by atoms with Crippen LogP contribution in [0.2, 0.25) is 0 Å². The second kappa shape index (κ2) is 24.6. The maximum atomic E-state index is 14.5. The summed E-state index contributed by atoms with van der Waals surface area (Å²) in [7, 11) is 0. The number of alkyl halides is 2. The van der Waals surface area contributed by atoms with Gasteiger partial charge in [-0.2, -0.15) is 8.78 Å². The molecule has 0 aromatic carbocycles. The van der Waals surface area contributed by atoms with Gasteiger partial charge < -0.3 is 10.5 Å². The molecule has 0 aromatic rings. The largest absolute Gasteiger partial charge is 0.458 e. The van der Waals surface area contributed by atoms with Crippen molar-refractivity contribution in [3.05, 3.63) is 0 Å². The van der Waals surface area contributed by atoms with E-state index in [1.54, 1.807) is 0 Å². The van der Waals surface area contributed by atoms with E-state index in [1.807, 2.05) is 0 Å². The Morgan fingerprint density at radius 2 is 0.972 bits per heavy atom. The molecule has 0 amide bonds. The zero-order chi connectivity index (χ0) is 26.9. The molecule has 0 fully saturated rings. The van der Waals surface area contributed by atoms with Crippen LogP contribution in [0.4, 0.5) is 8.78 Å². The summed E-state index contributed by atoms with van der Waals surface area (Å²) < 4.78 is 34.5. The number of halogens is 2. The maximum Gasteiger partial charge on any atom is 0.377 e. The normalized spacial score (nSPS) is 12.9. The molecular weight excluding hydrogens is 456 g/mol. The molecule has 0 aliphatic carbocycles. The van der Waals surface area contributed by atoms with E-state index in [9.17, 15) is 13.6 Å². The van der Waals surface area contributed by atoms with Gasteiger partial charge in [-0.15, -0.1) is 0 Å². The van der Waals surface area contributed by atoms with E-state index in [4.69, 9.17) is 10.5 Å². The summed E-state index contributed by atoms with van der Waals surface area (Å²) >= 11 is 0. The molecule has 36 heavy (non-hydrogen) atoms. The number of esters is 1. The summed E-state index contributed by atoms with van der Waals surface area (Å²) in [5.74, 6) is -4.72. The molecule has 0 spiro atoms. The van der Waals surface area contributed by atoms with Crippen molar-refractivity contribution in [2.45, 2.75) is 193 Å². The Kier molecular flexibility index (Phi) is 24.1. The lowest BCUT2D eigenvalue weighted by atomic mass is 10.0. The van der Waals surface area contributed by atoms with Gasteiger partial charge in [0.25, 0.3) is 0 Å². The smallest absolute Gasteiger partial charge is 0.377 e. The zero-order valence-corrected chi connectivity index (χ0v) is 24.3. The first-order valence-corrected chi connectivity index (χ1v) is 15.7. The van der Waals surface area contributed by atoms with Gasteiger partial charge in [-0.05, 0) is 44.9 Å². The van der Waals surface area contributed by atoms with Crippen LogP contribution in [0.3, 0.4) is 0 Å². The second-order valence-corrected chi connectivity index (χ2v) is 11.1. The van der Waals surface area contributed by atoms with Crippen LogP contribution >= 0.6 is 0 Å².